The number of nitrogens with one attached hydrogen (secondary N) is 2. The van der Waals surface area contributed by atoms with Crippen molar-refractivity contribution in [1.82, 2.24) is 4.90 Å². The number of ether oxygens (including phenoxy) is 2. The lowest BCUT2D eigenvalue weighted by Gasteiger charge is -2.36. The second-order valence-corrected chi connectivity index (χ2v) is 13.3. The van der Waals surface area contributed by atoms with E-state index >= 15 is 0 Å². The minimum Gasteiger partial charge on any atom is -0.490 e. The largest absolute Gasteiger partial charge is 0.490 e. The van der Waals surface area contributed by atoms with Crippen molar-refractivity contribution in [3.05, 3.63) is 71.8 Å². The number of carbonyl (C=O) groups excluding carboxylic acids is 1. The normalized spacial score (nSPS) is 14.3. The van der Waals surface area contributed by atoms with Gasteiger partial charge < -0.3 is 20.1 Å². The van der Waals surface area contributed by atoms with Gasteiger partial charge in [-0.2, -0.15) is 0 Å². The molecular weight excluding hydrogens is 578 g/mol. The molecule has 1 aliphatic rings. The summed E-state index contributed by atoms with van der Waals surface area (Å²) in [5.41, 5.74) is 7.40. The quantitative estimate of drug-likeness (QED) is 0.139. The Hall–Kier alpha value is -4.12. The molecule has 3 aromatic rings. The van der Waals surface area contributed by atoms with E-state index in [0.717, 1.165) is 36.7 Å². The molecular formula is C33H43N5O5S. The van der Waals surface area contributed by atoms with Gasteiger partial charge in [-0.25, -0.2) is 8.42 Å². The summed E-state index contributed by atoms with van der Waals surface area (Å²) in [5.74, 6) is 0.370. The number of piperidine rings is 1. The Bertz CT molecular complexity index is 1610. The highest BCUT2D eigenvalue weighted by atomic mass is 32.2. The molecule has 1 fully saturated rings. The molecule has 4 N–H and O–H groups in total. The van der Waals surface area contributed by atoms with Crippen LogP contribution < -0.4 is 14.8 Å². The standard InChI is InChI=1S/C33H43N5O5S/c1-5-33(6-2,32(39)42-7-3)44(40,41)38(22-24-8-9-25-10-11-26(31(35)36)21-27(25)20-24)28-12-14-29(15-13-28)43-30-16-18-37(19-17-30)23(4)34/h8-15,20-21,30,34H,5-7,16-19,22H2,1-4H3,(H3,35,36). The number of hydrogen-bond acceptors (Lipinski definition) is 7. The number of anilines is 1. The van der Waals surface area contributed by atoms with Crippen LogP contribution in [0.2, 0.25) is 0 Å². The molecule has 1 aliphatic heterocycles. The summed E-state index contributed by atoms with van der Waals surface area (Å²) in [5, 5.41) is 17.4. The molecule has 0 aliphatic carbocycles. The zero-order chi connectivity index (χ0) is 32.1. The molecule has 3 aromatic carbocycles. The summed E-state index contributed by atoms with van der Waals surface area (Å²) < 4.78 is 40.2. The Morgan fingerprint density at radius 3 is 2.18 bits per heavy atom. The topological polar surface area (TPSA) is 150 Å². The summed E-state index contributed by atoms with van der Waals surface area (Å²) >= 11 is 0. The van der Waals surface area contributed by atoms with E-state index in [1.807, 2.05) is 29.2 Å². The molecule has 0 bridgehead atoms. The summed E-state index contributed by atoms with van der Waals surface area (Å²) in [7, 11) is -4.29. The van der Waals surface area contributed by atoms with Crippen molar-refractivity contribution in [2.24, 2.45) is 5.73 Å². The van der Waals surface area contributed by atoms with Gasteiger partial charge in [0.25, 0.3) is 10.0 Å². The lowest BCUT2D eigenvalue weighted by molar-refractivity contribution is -0.146. The third kappa shape index (κ3) is 6.67. The van der Waals surface area contributed by atoms with Crippen molar-refractivity contribution >= 4 is 44.1 Å². The van der Waals surface area contributed by atoms with Gasteiger partial charge in [0.05, 0.1) is 24.7 Å². The minimum atomic E-state index is -4.29. The second-order valence-electron chi connectivity index (χ2n) is 11.1. The van der Waals surface area contributed by atoms with Crippen molar-refractivity contribution < 1.29 is 22.7 Å². The third-order valence-electron chi connectivity index (χ3n) is 8.46. The van der Waals surface area contributed by atoms with Crippen LogP contribution in [0.25, 0.3) is 10.8 Å². The van der Waals surface area contributed by atoms with Crippen LogP contribution in [-0.2, 0) is 26.1 Å². The van der Waals surface area contributed by atoms with Gasteiger partial charge in [0, 0.05) is 31.5 Å². The zero-order valence-electron chi connectivity index (χ0n) is 25.9. The van der Waals surface area contributed by atoms with Gasteiger partial charge in [0.15, 0.2) is 4.75 Å². The maximum atomic E-state index is 14.6. The van der Waals surface area contributed by atoms with Gasteiger partial charge in [-0.15, -0.1) is 0 Å². The van der Waals surface area contributed by atoms with Gasteiger partial charge in [-0.3, -0.25) is 19.9 Å². The molecule has 0 saturated carbocycles. The Kier molecular flexibility index (Phi) is 10.2. The van der Waals surface area contributed by atoms with Gasteiger partial charge in [-0.05, 0) is 79.4 Å². The molecule has 10 nitrogen and oxygen atoms in total. The average Bonchev–Trinajstić information content (AvgIpc) is 3.01. The second kappa shape index (κ2) is 13.7. The lowest BCUT2D eigenvalue weighted by atomic mass is 10.0. The average molecular weight is 622 g/mol. The number of nitrogens with two attached hydrogens (primary N) is 1. The first-order valence-corrected chi connectivity index (χ1v) is 16.5. The van der Waals surface area contributed by atoms with Crippen LogP contribution in [0.3, 0.4) is 0 Å². The fourth-order valence-electron chi connectivity index (χ4n) is 5.72. The van der Waals surface area contributed by atoms with Crippen molar-refractivity contribution in [3.63, 3.8) is 0 Å². The first-order chi connectivity index (χ1) is 20.9. The van der Waals surface area contributed by atoms with Crippen molar-refractivity contribution in [2.45, 2.75) is 70.8 Å². The van der Waals surface area contributed by atoms with Crippen LogP contribution in [0, 0.1) is 10.8 Å². The number of amidine groups is 2. The van der Waals surface area contributed by atoms with E-state index < -0.39 is 20.7 Å². The summed E-state index contributed by atoms with van der Waals surface area (Å²) in [6.07, 6.45) is 1.69. The highest BCUT2D eigenvalue weighted by Crippen LogP contribution is 2.36. The number of esters is 1. The van der Waals surface area contributed by atoms with E-state index in [1.54, 1.807) is 64.1 Å². The highest BCUT2D eigenvalue weighted by molar-refractivity contribution is 7.94. The van der Waals surface area contributed by atoms with Crippen LogP contribution in [0.5, 0.6) is 5.75 Å². The highest BCUT2D eigenvalue weighted by Gasteiger charge is 2.52. The van der Waals surface area contributed by atoms with Gasteiger partial charge >= 0.3 is 5.97 Å². The molecule has 1 heterocycles. The van der Waals surface area contributed by atoms with Crippen LogP contribution >= 0.6 is 0 Å². The maximum absolute atomic E-state index is 14.6. The zero-order valence-corrected chi connectivity index (χ0v) is 26.7. The predicted molar refractivity (Wildman–Crippen MR) is 175 cm³/mol. The van der Waals surface area contributed by atoms with Crippen LogP contribution in [0.4, 0.5) is 5.69 Å². The molecule has 0 aromatic heterocycles. The van der Waals surface area contributed by atoms with Gasteiger partial charge in [0.2, 0.25) is 0 Å². The molecule has 0 amide bonds. The van der Waals surface area contributed by atoms with E-state index in [2.05, 4.69) is 0 Å². The molecule has 0 atom stereocenters. The molecule has 0 unspecified atom stereocenters. The number of nitrogens with zero attached hydrogens (tertiary/aromatic N) is 2. The molecule has 11 heteroatoms. The van der Waals surface area contributed by atoms with E-state index in [1.165, 1.54) is 4.31 Å². The summed E-state index contributed by atoms with van der Waals surface area (Å²) in [4.78, 5) is 15.3. The number of rotatable bonds is 12. The summed E-state index contributed by atoms with van der Waals surface area (Å²) in [6, 6.07) is 18.0. The molecule has 236 valence electrons. The van der Waals surface area contributed by atoms with Gasteiger partial charge in [0.1, 0.15) is 17.7 Å². The summed E-state index contributed by atoms with van der Waals surface area (Å²) in [6.45, 7) is 8.40. The molecule has 0 radical (unpaired) electrons. The molecule has 0 spiro atoms. The monoisotopic (exact) mass is 621 g/mol. The molecule has 1 saturated heterocycles. The van der Waals surface area contributed by atoms with Crippen molar-refractivity contribution in [1.29, 1.82) is 10.8 Å². The van der Waals surface area contributed by atoms with E-state index in [4.69, 9.17) is 26.0 Å². The number of nitrogen functional groups attached to an aromatic ring is 1. The van der Waals surface area contributed by atoms with Crippen molar-refractivity contribution in [2.75, 3.05) is 24.0 Å². The fourth-order valence-corrected chi connectivity index (χ4v) is 7.86. The first-order valence-electron chi connectivity index (χ1n) is 15.1. The van der Waals surface area contributed by atoms with Crippen LogP contribution in [0.15, 0.2) is 60.7 Å². The number of benzene rings is 3. The lowest BCUT2D eigenvalue weighted by Crippen LogP contribution is -2.53. The molecule has 4 rings (SSSR count). The van der Waals surface area contributed by atoms with Gasteiger partial charge in [-0.1, -0.05) is 38.1 Å². The predicted octanol–water partition coefficient (Wildman–Crippen LogP) is 5.42. The number of hydrogen-bond donors (Lipinski definition) is 3. The molecule has 44 heavy (non-hydrogen) atoms. The van der Waals surface area contributed by atoms with Crippen LogP contribution in [-0.4, -0.2) is 61.5 Å². The Morgan fingerprint density at radius 2 is 1.61 bits per heavy atom. The maximum Gasteiger partial charge on any atom is 0.329 e. The Labute approximate surface area is 260 Å². The number of fused-ring (bicyclic) bond motifs is 1. The van der Waals surface area contributed by atoms with E-state index in [-0.39, 0.29) is 37.9 Å². The minimum absolute atomic E-state index is 0.00502. The Morgan fingerprint density at radius 1 is 0.977 bits per heavy atom. The SMILES string of the molecule is CCOC(=O)C(CC)(CC)S(=O)(=O)N(Cc1ccc2ccc(C(=N)N)cc2c1)c1ccc(OC2CCN(C(C)=N)CC2)cc1. The van der Waals surface area contributed by atoms with E-state index in [9.17, 15) is 13.2 Å². The number of sulfonamides is 1. The fraction of sp³-hybridized carbons (Fsp3) is 0.424. The smallest absolute Gasteiger partial charge is 0.329 e. The van der Waals surface area contributed by atoms with Crippen molar-refractivity contribution in [3.8, 4) is 5.75 Å². The van der Waals surface area contributed by atoms with Crippen LogP contribution in [0.1, 0.15) is 64.5 Å². The van der Waals surface area contributed by atoms with E-state index in [0.29, 0.717) is 28.4 Å². The first kappa shape index (κ1) is 32.8. The Balaban J connectivity index is 1.71. The number of carbonyl (C=O) groups is 1. The third-order valence-corrected chi connectivity index (χ3v) is 11.1. The number of likely N-dealkylation sites (tertiary alicyclic amines) is 1.